The normalized spacial score (nSPS) is 11.1. The average Bonchev–Trinajstić information content (AvgIpc) is 2.74. The molecule has 1 aromatic carbocycles. The highest BCUT2D eigenvalue weighted by Gasteiger charge is 2.05. The molecule has 0 aliphatic carbocycles. The van der Waals surface area contributed by atoms with Crippen molar-refractivity contribution in [1.29, 1.82) is 0 Å². The molecule has 0 unspecified atom stereocenters. The van der Waals surface area contributed by atoms with Crippen LogP contribution in [0.15, 0.2) is 22.4 Å². The van der Waals surface area contributed by atoms with Crippen LogP contribution in [-0.4, -0.2) is 25.7 Å². The minimum atomic E-state index is 0.109. The number of hydrogen-bond donors (Lipinski definition) is 2. The van der Waals surface area contributed by atoms with Crippen LogP contribution in [0.2, 0.25) is 0 Å². The van der Waals surface area contributed by atoms with Crippen LogP contribution >= 0.6 is 0 Å². The summed E-state index contributed by atoms with van der Waals surface area (Å²) in [6, 6.07) is 3.59. The maximum Gasteiger partial charge on any atom is 0.307 e. The van der Waals surface area contributed by atoms with Gasteiger partial charge in [0.05, 0.1) is 0 Å². The van der Waals surface area contributed by atoms with E-state index in [4.69, 9.17) is 0 Å². The molecule has 0 aliphatic heterocycles. The summed E-state index contributed by atoms with van der Waals surface area (Å²) in [6.45, 7) is 3.72. The lowest BCUT2D eigenvalue weighted by molar-refractivity contribution is 0.472. The summed E-state index contributed by atoms with van der Waals surface area (Å²) in [7, 11) is 0. The summed E-state index contributed by atoms with van der Waals surface area (Å²) in [5.41, 5.74) is 2.14. The second-order valence-electron chi connectivity index (χ2n) is 3.36. The number of aromatic hydroxyl groups is 1. The maximum absolute atomic E-state index is 9.73. The Balaban J connectivity index is 2.34. The van der Waals surface area contributed by atoms with Gasteiger partial charge in [0.25, 0.3) is 0 Å². The molecule has 2 rings (SSSR count). The molecule has 0 bridgehead atoms. The lowest BCUT2D eigenvalue weighted by Gasteiger charge is -2.02. The summed E-state index contributed by atoms with van der Waals surface area (Å²) in [5, 5.41) is 30.2. The third-order valence-corrected chi connectivity index (χ3v) is 2.01. The molecule has 1 heterocycles. The number of H-pyrrole nitrogens is 1. The molecule has 0 fully saturated rings. The molecule has 0 radical (unpaired) electrons. The number of aryl methyl sites for hydroxylation is 2. The number of tetrazole rings is 1. The zero-order valence-corrected chi connectivity index (χ0v) is 8.84. The van der Waals surface area contributed by atoms with E-state index in [1.54, 1.807) is 13.0 Å². The van der Waals surface area contributed by atoms with Gasteiger partial charge < -0.3 is 5.11 Å². The van der Waals surface area contributed by atoms with Gasteiger partial charge in [0.1, 0.15) is 11.4 Å². The van der Waals surface area contributed by atoms with Crippen LogP contribution in [0, 0.1) is 13.8 Å². The van der Waals surface area contributed by atoms with E-state index >= 15 is 0 Å². The second kappa shape index (κ2) is 4.05. The van der Waals surface area contributed by atoms with Gasteiger partial charge in [0, 0.05) is 0 Å². The molecule has 0 aliphatic rings. The molecule has 0 saturated heterocycles. The van der Waals surface area contributed by atoms with Crippen LogP contribution in [0.25, 0.3) is 0 Å². The summed E-state index contributed by atoms with van der Waals surface area (Å²) >= 11 is 0. The highest BCUT2D eigenvalue weighted by atomic mass is 16.3. The van der Waals surface area contributed by atoms with Crippen LogP contribution < -0.4 is 0 Å². The number of phenolic OH excluding ortho intramolecular Hbond substituents is 1. The van der Waals surface area contributed by atoms with Crippen molar-refractivity contribution in [2.45, 2.75) is 13.8 Å². The highest BCUT2D eigenvalue weighted by molar-refractivity contribution is 5.56. The quantitative estimate of drug-likeness (QED) is 0.752. The van der Waals surface area contributed by atoms with Crippen LogP contribution in [0.5, 0.6) is 5.75 Å². The van der Waals surface area contributed by atoms with Gasteiger partial charge in [-0.25, -0.2) is 0 Å². The first-order valence-electron chi connectivity index (χ1n) is 4.62. The number of aromatic nitrogens is 4. The standard InChI is InChI=1S/C9H10N6O/c1-5-3-6(2)8(16)7(4-5)10-11-9-12-14-15-13-9/h3-4,16H,1-2H3,(H,12,13,14,15). The topological polar surface area (TPSA) is 99.4 Å². The Labute approximate surface area is 91.2 Å². The predicted molar refractivity (Wildman–Crippen MR) is 55.9 cm³/mol. The minimum Gasteiger partial charge on any atom is -0.505 e. The number of benzene rings is 1. The molecule has 2 aromatic rings. The van der Waals surface area contributed by atoms with E-state index in [0.717, 1.165) is 11.1 Å². The second-order valence-corrected chi connectivity index (χ2v) is 3.36. The summed E-state index contributed by atoms with van der Waals surface area (Å²) in [5.74, 6) is 0.233. The molecule has 16 heavy (non-hydrogen) atoms. The number of azo groups is 1. The molecule has 82 valence electrons. The third-order valence-electron chi connectivity index (χ3n) is 2.01. The fraction of sp³-hybridized carbons (Fsp3) is 0.222. The first-order chi connectivity index (χ1) is 7.66. The van der Waals surface area contributed by atoms with Crippen LogP contribution in [0.3, 0.4) is 0 Å². The average molecular weight is 218 g/mol. The van der Waals surface area contributed by atoms with Crippen LogP contribution in [0.1, 0.15) is 11.1 Å². The first-order valence-corrected chi connectivity index (χ1v) is 4.62. The molecule has 0 spiro atoms. The van der Waals surface area contributed by atoms with Crippen molar-refractivity contribution >= 4 is 11.6 Å². The Morgan fingerprint density at radius 2 is 2.06 bits per heavy atom. The monoisotopic (exact) mass is 218 g/mol. The Morgan fingerprint density at radius 3 is 2.75 bits per heavy atom. The molecule has 0 saturated carbocycles. The van der Waals surface area contributed by atoms with Gasteiger partial charge >= 0.3 is 5.95 Å². The van der Waals surface area contributed by atoms with Crippen molar-refractivity contribution < 1.29 is 5.11 Å². The smallest absolute Gasteiger partial charge is 0.307 e. The van der Waals surface area contributed by atoms with Gasteiger partial charge in [0.15, 0.2) is 0 Å². The summed E-state index contributed by atoms with van der Waals surface area (Å²) in [4.78, 5) is 0. The van der Waals surface area contributed by atoms with E-state index in [1.807, 2.05) is 13.0 Å². The van der Waals surface area contributed by atoms with Gasteiger partial charge in [-0.2, -0.15) is 5.21 Å². The number of hydrogen-bond acceptors (Lipinski definition) is 6. The van der Waals surface area contributed by atoms with Crippen molar-refractivity contribution in [3.05, 3.63) is 23.3 Å². The number of rotatable bonds is 2. The highest BCUT2D eigenvalue weighted by Crippen LogP contribution is 2.31. The molecule has 7 heteroatoms. The number of nitrogens with zero attached hydrogens (tertiary/aromatic N) is 5. The molecular formula is C9H10N6O. The lowest BCUT2D eigenvalue weighted by atomic mass is 10.1. The lowest BCUT2D eigenvalue weighted by Crippen LogP contribution is -1.79. The third kappa shape index (κ3) is 2.02. The molecule has 7 nitrogen and oxygen atoms in total. The van der Waals surface area contributed by atoms with E-state index in [0.29, 0.717) is 5.69 Å². The fourth-order valence-electron chi connectivity index (χ4n) is 1.31. The van der Waals surface area contributed by atoms with Crippen molar-refractivity contribution in [2.75, 3.05) is 0 Å². The van der Waals surface area contributed by atoms with Crippen LogP contribution in [0.4, 0.5) is 11.6 Å². The van der Waals surface area contributed by atoms with Crippen molar-refractivity contribution in [3.63, 3.8) is 0 Å². The Hall–Kier alpha value is -2.31. The summed E-state index contributed by atoms with van der Waals surface area (Å²) in [6.07, 6.45) is 0. The molecule has 0 amide bonds. The van der Waals surface area contributed by atoms with Gasteiger partial charge in [0.2, 0.25) is 0 Å². The van der Waals surface area contributed by atoms with Gasteiger partial charge in [-0.3, -0.25) is 0 Å². The largest absolute Gasteiger partial charge is 0.505 e. The SMILES string of the molecule is Cc1cc(C)c(O)c(N=Nc2nn[nH]n2)c1. The van der Waals surface area contributed by atoms with E-state index in [-0.39, 0.29) is 11.7 Å². The number of nitrogens with one attached hydrogen (secondary N) is 1. The number of aromatic amines is 1. The van der Waals surface area contributed by atoms with E-state index in [9.17, 15) is 5.11 Å². The maximum atomic E-state index is 9.73. The molecule has 2 N–H and O–H groups in total. The Bertz CT molecular complexity index is 519. The Morgan fingerprint density at radius 1 is 1.25 bits per heavy atom. The molecule has 0 atom stereocenters. The Kier molecular flexibility index (Phi) is 2.59. The van der Waals surface area contributed by atoms with E-state index in [1.165, 1.54) is 0 Å². The van der Waals surface area contributed by atoms with E-state index < -0.39 is 0 Å². The predicted octanol–water partition coefficient (Wildman–Crippen LogP) is 1.94. The first kappa shape index (κ1) is 10.2. The minimum absolute atomic E-state index is 0.109. The number of phenols is 1. The van der Waals surface area contributed by atoms with Crippen molar-refractivity contribution in [3.8, 4) is 5.75 Å². The zero-order chi connectivity index (χ0) is 11.5. The van der Waals surface area contributed by atoms with Gasteiger partial charge in [-0.15, -0.1) is 15.3 Å². The fourth-order valence-corrected chi connectivity index (χ4v) is 1.31. The zero-order valence-electron chi connectivity index (χ0n) is 8.84. The van der Waals surface area contributed by atoms with Crippen LogP contribution in [-0.2, 0) is 0 Å². The van der Waals surface area contributed by atoms with Gasteiger partial charge in [-0.1, -0.05) is 11.2 Å². The molecular weight excluding hydrogens is 208 g/mol. The van der Waals surface area contributed by atoms with Gasteiger partial charge in [-0.05, 0) is 36.3 Å². The van der Waals surface area contributed by atoms with E-state index in [2.05, 4.69) is 30.9 Å². The molecule has 1 aromatic heterocycles. The van der Waals surface area contributed by atoms with Crippen molar-refractivity contribution in [2.24, 2.45) is 10.2 Å². The van der Waals surface area contributed by atoms with Crippen molar-refractivity contribution in [1.82, 2.24) is 20.6 Å². The summed E-state index contributed by atoms with van der Waals surface area (Å²) < 4.78 is 0.